The largest absolute Gasteiger partial charge is 0.352 e. The van der Waals surface area contributed by atoms with Crippen molar-refractivity contribution >= 4 is 24.8 Å². The Balaban J connectivity index is 2.17. The van der Waals surface area contributed by atoms with Crippen LogP contribution in [0.25, 0.3) is 0 Å². The van der Waals surface area contributed by atoms with Gasteiger partial charge < -0.3 is 10.2 Å². The standard InChI is InChI=1S/C23H26F4N6O/c1-5-33(15(2)11-30-22-31-12-16(13-32-22)23(3,26)27)21(34)17-7-8-19(24)20(25)18(17)14-29-10-6-9-28-4/h6-10,12-13,15H,4-5,11,14H2,1-3H3,(H,30,31,32)/b9-6-,29-10?/t15-/m0/s1. The molecule has 2 aromatic rings. The van der Waals surface area contributed by atoms with E-state index in [0.29, 0.717) is 0 Å². The van der Waals surface area contributed by atoms with Crippen molar-refractivity contribution in [1.29, 1.82) is 0 Å². The maximum atomic E-state index is 14.5. The Labute approximate surface area is 195 Å². The van der Waals surface area contributed by atoms with Crippen LogP contribution in [-0.4, -0.2) is 52.8 Å². The van der Waals surface area contributed by atoms with Gasteiger partial charge in [-0.3, -0.25) is 14.8 Å². The van der Waals surface area contributed by atoms with Gasteiger partial charge in [-0.2, -0.15) is 0 Å². The third kappa shape index (κ3) is 6.93. The maximum Gasteiger partial charge on any atom is 0.273 e. The summed E-state index contributed by atoms with van der Waals surface area (Å²) in [5, 5.41) is 2.89. The summed E-state index contributed by atoms with van der Waals surface area (Å²) >= 11 is 0. The first-order valence-electron chi connectivity index (χ1n) is 10.4. The number of nitrogens with one attached hydrogen (secondary N) is 1. The van der Waals surface area contributed by atoms with Gasteiger partial charge in [-0.25, -0.2) is 27.5 Å². The summed E-state index contributed by atoms with van der Waals surface area (Å²) in [6.07, 6.45) is 6.23. The Hall–Kier alpha value is -3.63. The van der Waals surface area contributed by atoms with Crippen LogP contribution in [0.15, 0.2) is 46.8 Å². The second-order valence-corrected chi connectivity index (χ2v) is 7.41. The highest BCUT2D eigenvalue weighted by atomic mass is 19.3. The van der Waals surface area contributed by atoms with Crippen LogP contribution in [0, 0.1) is 11.6 Å². The highest BCUT2D eigenvalue weighted by Gasteiger charge is 2.26. The van der Waals surface area contributed by atoms with Crippen molar-refractivity contribution < 1.29 is 22.4 Å². The first kappa shape index (κ1) is 26.6. The minimum absolute atomic E-state index is 0.0126. The Morgan fingerprint density at radius 1 is 1.29 bits per heavy atom. The van der Waals surface area contributed by atoms with Gasteiger partial charge in [0.15, 0.2) is 11.6 Å². The molecule has 7 nitrogen and oxygen atoms in total. The number of hydrogen-bond donors (Lipinski definition) is 1. The maximum absolute atomic E-state index is 14.5. The molecule has 182 valence electrons. The summed E-state index contributed by atoms with van der Waals surface area (Å²) in [5.74, 6) is -5.67. The smallest absolute Gasteiger partial charge is 0.273 e. The molecule has 0 saturated heterocycles. The second-order valence-electron chi connectivity index (χ2n) is 7.41. The van der Waals surface area contributed by atoms with Gasteiger partial charge in [0, 0.05) is 62.0 Å². The summed E-state index contributed by atoms with van der Waals surface area (Å²) in [5.41, 5.74) is -0.498. The van der Waals surface area contributed by atoms with Crippen molar-refractivity contribution in [2.24, 2.45) is 9.98 Å². The highest BCUT2D eigenvalue weighted by Crippen LogP contribution is 2.25. The number of hydrogen-bond acceptors (Lipinski definition) is 6. The van der Waals surface area contributed by atoms with Crippen molar-refractivity contribution in [2.45, 2.75) is 39.3 Å². The molecule has 0 radical (unpaired) electrons. The SMILES string of the molecule is C=N/C=C\C=NCc1c(C(=O)N(CC)[C@@H](C)CNc2ncc(C(C)(F)F)cn2)ccc(F)c1F. The predicted octanol–water partition coefficient (Wildman–Crippen LogP) is 4.61. The number of allylic oxidation sites excluding steroid dienone is 1. The van der Waals surface area contributed by atoms with Gasteiger partial charge in [0.05, 0.1) is 12.1 Å². The van der Waals surface area contributed by atoms with Gasteiger partial charge in [0.2, 0.25) is 5.95 Å². The number of alkyl halides is 2. The molecule has 34 heavy (non-hydrogen) atoms. The number of amides is 1. The van der Waals surface area contributed by atoms with Gasteiger partial charge >= 0.3 is 0 Å². The Bertz CT molecular complexity index is 1050. The molecule has 0 saturated carbocycles. The average Bonchev–Trinajstić information content (AvgIpc) is 2.80. The molecule has 1 aromatic carbocycles. The van der Waals surface area contributed by atoms with Gasteiger partial charge in [-0.1, -0.05) is 0 Å². The Morgan fingerprint density at radius 2 is 1.97 bits per heavy atom. The van der Waals surface area contributed by atoms with Gasteiger partial charge in [0.25, 0.3) is 11.8 Å². The van der Waals surface area contributed by atoms with Crippen LogP contribution in [0.1, 0.15) is 42.3 Å². The first-order chi connectivity index (χ1) is 16.1. The normalized spacial score (nSPS) is 12.8. The third-order valence-electron chi connectivity index (χ3n) is 4.91. The van der Waals surface area contributed by atoms with E-state index in [1.165, 1.54) is 29.5 Å². The molecule has 11 heteroatoms. The van der Waals surface area contributed by atoms with Crippen LogP contribution in [0.3, 0.4) is 0 Å². The van der Waals surface area contributed by atoms with E-state index in [0.717, 1.165) is 25.4 Å². The van der Waals surface area contributed by atoms with E-state index >= 15 is 0 Å². The predicted molar refractivity (Wildman–Crippen MR) is 124 cm³/mol. The number of likely N-dealkylation sites (N-methyl/N-ethyl adjacent to an activating group) is 1. The lowest BCUT2D eigenvalue weighted by Crippen LogP contribution is -2.42. The third-order valence-corrected chi connectivity index (χ3v) is 4.91. The van der Waals surface area contributed by atoms with Gasteiger partial charge in [-0.15, -0.1) is 0 Å². The van der Waals surface area contributed by atoms with E-state index in [9.17, 15) is 22.4 Å². The van der Waals surface area contributed by atoms with Gasteiger partial charge in [0.1, 0.15) is 0 Å². The number of aliphatic imine (C=N–C) groups is 2. The molecular weight excluding hydrogens is 452 g/mol. The number of anilines is 1. The van der Waals surface area contributed by atoms with Crippen molar-refractivity contribution in [3.8, 4) is 0 Å². The molecule has 0 fully saturated rings. The molecule has 1 atom stereocenters. The van der Waals surface area contributed by atoms with Crippen molar-refractivity contribution in [3.63, 3.8) is 0 Å². The van der Waals surface area contributed by atoms with E-state index < -0.39 is 29.5 Å². The minimum Gasteiger partial charge on any atom is -0.352 e. The molecule has 0 spiro atoms. The topological polar surface area (TPSA) is 82.8 Å². The Morgan fingerprint density at radius 3 is 2.56 bits per heavy atom. The number of carbonyl (C=O) groups excluding carboxylic acids is 1. The summed E-state index contributed by atoms with van der Waals surface area (Å²) in [7, 11) is 0. The van der Waals surface area contributed by atoms with E-state index in [1.807, 2.05) is 0 Å². The number of aromatic nitrogens is 2. The number of nitrogens with zero attached hydrogens (tertiary/aromatic N) is 5. The fourth-order valence-corrected chi connectivity index (χ4v) is 3.06. The van der Waals surface area contributed by atoms with Crippen molar-refractivity contribution in [3.05, 3.63) is 65.1 Å². The summed E-state index contributed by atoms with van der Waals surface area (Å²) in [4.78, 5) is 29.9. The molecule has 1 aromatic heterocycles. The molecule has 0 aliphatic carbocycles. The lowest BCUT2D eigenvalue weighted by Gasteiger charge is -2.29. The second kappa shape index (κ2) is 12.0. The van der Waals surface area contributed by atoms with Crippen LogP contribution >= 0.6 is 0 Å². The molecule has 0 aliphatic rings. The van der Waals surface area contributed by atoms with E-state index in [1.54, 1.807) is 13.8 Å². The molecule has 0 bridgehead atoms. The fraction of sp³-hybridized carbons (Fsp3) is 0.348. The van der Waals surface area contributed by atoms with E-state index in [4.69, 9.17) is 0 Å². The average molecular weight is 478 g/mol. The van der Waals surface area contributed by atoms with Crippen LogP contribution in [0.4, 0.5) is 23.5 Å². The lowest BCUT2D eigenvalue weighted by molar-refractivity contribution is 0.0167. The zero-order valence-corrected chi connectivity index (χ0v) is 19.1. The first-order valence-corrected chi connectivity index (χ1v) is 10.4. The van der Waals surface area contributed by atoms with E-state index in [-0.39, 0.29) is 42.3 Å². The number of rotatable bonds is 11. The zero-order chi connectivity index (χ0) is 25.3. The lowest BCUT2D eigenvalue weighted by atomic mass is 10.0. The highest BCUT2D eigenvalue weighted by molar-refractivity contribution is 5.96. The molecule has 2 rings (SSSR count). The molecule has 0 aliphatic heterocycles. The quantitative estimate of drug-likeness (QED) is 0.378. The number of halogens is 4. The zero-order valence-electron chi connectivity index (χ0n) is 19.1. The van der Waals surface area contributed by atoms with Crippen molar-refractivity contribution in [1.82, 2.24) is 14.9 Å². The van der Waals surface area contributed by atoms with Crippen molar-refractivity contribution in [2.75, 3.05) is 18.4 Å². The summed E-state index contributed by atoms with van der Waals surface area (Å²) in [6, 6.07) is 1.70. The molecule has 1 N–H and O–H groups in total. The van der Waals surface area contributed by atoms with Crippen LogP contribution < -0.4 is 5.32 Å². The summed E-state index contributed by atoms with van der Waals surface area (Å²) in [6.45, 7) is 7.73. The molecule has 1 amide bonds. The van der Waals surface area contributed by atoms with Crippen LogP contribution in [-0.2, 0) is 12.5 Å². The number of benzene rings is 1. The van der Waals surface area contributed by atoms with E-state index in [2.05, 4.69) is 32.0 Å². The molecule has 0 unspecified atom stereocenters. The minimum atomic E-state index is -3.05. The monoisotopic (exact) mass is 478 g/mol. The molecular formula is C23H26F4N6O. The van der Waals surface area contributed by atoms with Crippen LogP contribution in [0.5, 0.6) is 0 Å². The fourth-order valence-electron chi connectivity index (χ4n) is 3.06. The summed E-state index contributed by atoms with van der Waals surface area (Å²) < 4.78 is 55.0. The van der Waals surface area contributed by atoms with Crippen LogP contribution in [0.2, 0.25) is 0 Å². The van der Waals surface area contributed by atoms with Gasteiger partial charge in [-0.05, 0) is 38.8 Å². The molecule has 1 heterocycles. The Kier molecular flexibility index (Phi) is 9.40. The number of carbonyl (C=O) groups is 1.